The molecule has 37 heavy (non-hydrogen) atoms. The topological polar surface area (TPSA) is 257 Å². The Morgan fingerprint density at radius 2 is 1.11 bits per heavy atom. The molecule has 0 radical (unpaired) electrons. The predicted octanol–water partition coefficient (Wildman–Crippen LogP) is -1.02. The Kier molecular flexibility index (Phi) is 13.7. The van der Waals surface area contributed by atoms with E-state index in [9.17, 15) is 24.3 Å². The molecular formula is C24H40N5O8+. The second kappa shape index (κ2) is 15.9. The molecule has 1 rings (SSSR count). The van der Waals surface area contributed by atoms with Crippen LogP contribution in [-0.4, -0.2) is 68.5 Å². The molecule has 208 valence electrons. The first-order valence-corrected chi connectivity index (χ1v) is 12.3. The molecule has 0 spiro atoms. The first-order valence-electron chi connectivity index (χ1n) is 12.3. The lowest BCUT2D eigenvalue weighted by Gasteiger charge is -2.15. The van der Waals surface area contributed by atoms with Crippen molar-refractivity contribution in [2.75, 3.05) is 0 Å². The summed E-state index contributed by atoms with van der Waals surface area (Å²) >= 11 is 0. The Hall–Kier alpha value is -3.13. The van der Waals surface area contributed by atoms with Crippen LogP contribution in [0.1, 0.15) is 61.8 Å². The van der Waals surface area contributed by atoms with Crippen LogP contribution in [0.4, 0.5) is 0 Å². The van der Waals surface area contributed by atoms with Crippen molar-refractivity contribution in [2.45, 2.75) is 94.9 Å². The SMILES string of the molecule is NC(CCc1cc(CC[C@H](N)C(=O)O)c(CCC[C@H](N)C(=O)O)[n+](CCCC[C@H](N)C(=O)O)c1)C(=O)O. The lowest BCUT2D eigenvalue weighted by molar-refractivity contribution is -0.705. The highest BCUT2D eigenvalue weighted by atomic mass is 16.4. The van der Waals surface area contributed by atoms with Crippen molar-refractivity contribution in [3.05, 3.63) is 29.1 Å². The summed E-state index contributed by atoms with van der Waals surface area (Å²) in [5, 5.41) is 36.4. The number of pyridine rings is 1. The van der Waals surface area contributed by atoms with Crippen molar-refractivity contribution >= 4 is 23.9 Å². The number of aryl methyl sites for hydroxylation is 3. The van der Waals surface area contributed by atoms with Crippen LogP contribution in [-0.2, 0) is 45.0 Å². The molecule has 0 saturated heterocycles. The number of carboxylic acid groups (broad SMARTS) is 4. The van der Waals surface area contributed by atoms with Gasteiger partial charge in [0.05, 0.1) is 0 Å². The minimum Gasteiger partial charge on any atom is -0.480 e. The number of aromatic nitrogens is 1. The molecule has 13 nitrogen and oxygen atoms in total. The second-order valence-electron chi connectivity index (χ2n) is 9.26. The van der Waals surface area contributed by atoms with Gasteiger partial charge in [0.1, 0.15) is 30.7 Å². The normalized spacial score (nSPS) is 14.5. The number of aliphatic carboxylic acids is 4. The number of nitrogens with zero attached hydrogens (tertiary/aromatic N) is 1. The molecule has 13 heteroatoms. The van der Waals surface area contributed by atoms with E-state index in [4.69, 9.17) is 38.3 Å². The Morgan fingerprint density at radius 1 is 0.649 bits per heavy atom. The van der Waals surface area contributed by atoms with Gasteiger partial charge in [0, 0.05) is 24.0 Å². The molecule has 0 aliphatic heterocycles. The first kappa shape index (κ1) is 31.9. The third-order valence-electron chi connectivity index (χ3n) is 6.23. The van der Waals surface area contributed by atoms with Crippen molar-refractivity contribution < 1.29 is 44.2 Å². The fourth-order valence-corrected chi connectivity index (χ4v) is 3.93. The standard InChI is InChI=1S/C24H39N5O8/c25-16(21(30)31)4-1-2-11-29-13-14(7-9-18(27)23(34)35)12-15(8-10-19(28)24(36)37)20(29)6-3-5-17(26)22(32)33/h12-13,16-19H,1-11,25-28H2,(H3-,30,31,32,33,34,35,36,37)/p+1/t16-,17-,18?,19-/m0/s1. The third kappa shape index (κ3) is 11.6. The molecule has 0 aliphatic rings. The van der Waals surface area contributed by atoms with Crippen LogP contribution in [0.25, 0.3) is 0 Å². The van der Waals surface area contributed by atoms with Crippen molar-refractivity contribution in [1.82, 2.24) is 0 Å². The Morgan fingerprint density at radius 3 is 1.62 bits per heavy atom. The van der Waals surface area contributed by atoms with Crippen LogP contribution < -0.4 is 27.5 Å². The van der Waals surface area contributed by atoms with Gasteiger partial charge in [-0.3, -0.25) is 19.2 Å². The van der Waals surface area contributed by atoms with E-state index in [2.05, 4.69) is 0 Å². The van der Waals surface area contributed by atoms with Crippen LogP contribution in [0, 0.1) is 0 Å². The van der Waals surface area contributed by atoms with Crippen LogP contribution in [0.3, 0.4) is 0 Å². The van der Waals surface area contributed by atoms with E-state index in [1.165, 1.54) is 0 Å². The highest BCUT2D eigenvalue weighted by Gasteiger charge is 2.23. The van der Waals surface area contributed by atoms with Crippen LogP contribution in [0.5, 0.6) is 0 Å². The molecule has 1 heterocycles. The Bertz CT molecular complexity index is 942. The van der Waals surface area contributed by atoms with Crippen molar-refractivity contribution in [1.29, 1.82) is 0 Å². The molecule has 4 atom stereocenters. The van der Waals surface area contributed by atoms with Gasteiger partial charge >= 0.3 is 23.9 Å². The molecule has 0 aliphatic carbocycles. The monoisotopic (exact) mass is 526 g/mol. The van der Waals surface area contributed by atoms with Gasteiger partial charge in [0.15, 0.2) is 11.9 Å². The number of hydrogen-bond donors (Lipinski definition) is 8. The van der Waals surface area contributed by atoms with Crippen molar-refractivity contribution in [3.63, 3.8) is 0 Å². The number of nitrogens with two attached hydrogens (primary N) is 4. The minimum absolute atomic E-state index is 0.169. The van der Waals surface area contributed by atoms with E-state index in [1.807, 2.05) is 16.8 Å². The molecule has 0 fully saturated rings. The van der Waals surface area contributed by atoms with Gasteiger partial charge < -0.3 is 43.4 Å². The highest BCUT2D eigenvalue weighted by molar-refractivity contribution is 5.74. The van der Waals surface area contributed by atoms with Crippen LogP contribution >= 0.6 is 0 Å². The largest absolute Gasteiger partial charge is 0.480 e. The maximum atomic E-state index is 11.2. The summed E-state index contributed by atoms with van der Waals surface area (Å²) in [4.78, 5) is 44.5. The first-order chi connectivity index (χ1) is 17.3. The molecular weight excluding hydrogens is 486 g/mol. The number of rotatable bonds is 19. The van der Waals surface area contributed by atoms with E-state index in [0.29, 0.717) is 51.5 Å². The Balaban J connectivity index is 3.24. The van der Waals surface area contributed by atoms with Gasteiger partial charge in [0.25, 0.3) is 0 Å². The quantitative estimate of drug-likeness (QED) is 0.0795. The van der Waals surface area contributed by atoms with E-state index < -0.39 is 48.0 Å². The number of carbonyl (C=O) groups is 4. The van der Waals surface area contributed by atoms with Crippen molar-refractivity contribution in [3.8, 4) is 0 Å². The summed E-state index contributed by atoms with van der Waals surface area (Å²) in [5.41, 5.74) is 25.1. The maximum absolute atomic E-state index is 11.2. The van der Waals surface area contributed by atoms with Crippen molar-refractivity contribution in [2.24, 2.45) is 22.9 Å². The summed E-state index contributed by atoms with van der Waals surface area (Å²) in [6.07, 6.45) is 5.61. The molecule has 1 aromatic heterocycles. The molecule has 1 aromatic rings. The van der Waals surface area contributed by atoms with E-state index in [1.54, 1.807) is 0 Å². The van der Waals surface area contributed by atoms with E-state index in [0.717, 1.165) is 16.8 Å². The fraction of sp³-hybridized carbons (Fsp3) is 0.625. The molecule has 0 aromatic carbocycles. The van der Waals surface area contributed by atoms with Crippen LogP contribution in [0.2, 0.25) is 0 Å². The lowest BCUT2D eigenvalue weighted by atomic mass is 9.96. The molecule has 1 unspecified atom stereocenters. The minimum atomic E-state index is -1.12. The Labute approximate surface area is 215 Å². The smallest absolute Gasteiger partial charge is 0.320 e. The molecule has 0 saturated carbocycles. The number of hydrogen-bond acceptors (Lipinski definition) is 8. The van der Waals surface area contributed by atoms with Gasteiger partial charge in [0.2, 0.25) is 0 Å². The molecule has 0 amide bonds. The van der Waals surface area contributed by atoms with Crippen LogP contribution in [0.15, 0.2) is 12.3 Å². The van der Waals surface area contributed by atoms with E-state index >= 15 is 0 Å². The average molecular weight is 527 g/mol. The molecule has 0 bridgehead atoms. The summed E-state index contributed by atoms with van der Waals surface area (Å²) in [6.45, 7) is 0.503. The lowest BCUT2D eigenvalue weighted by Crippen LogP contribution is -2.41. The predicted molar refractivity (Wildman–Crippen MR) is 133 cm³/mol. The zero-order valence-corrected chi connectivity index (χ0v) is 20.9. The maximum Gasteiger partial charge on any atom is 0.320 e. The second-order valence-corrected chi connectivity index (χ2v) is 9.26. The number of unbranched alkanes of at least 4 members (excludes halogenated alkanes) is 1. The van der Waals surface area contributed by atoms with Gasteiger partial charge in [-0.25, -0.2) is 4.57 Å². The summed E-state index contributed by atoms with van der Waals surface area (Å²) in [6, 6.07) is -2.19. The van der Waals surface area contributed by atoms with Gasteiger partial charge in [-0.15, -0.1) is 0 Å². The summed E-state index contributed by atoms with van der Waals surface area (Å²) in [7, 11) is 0. The zero-order chi connectivity index (χ0) is 28.1. The van der Waals surface area contributed by atoms with Gasteiger partial charge in [-0.2, -0.15) is 0 Å². The molecule has 12 N–H and O–H groups in total. The van der Waals surface area contributed by atoms with Gasteiger partial charge in [-0.05, 0) is 57.4 Å². The zero-order valence-electron chi connectivity index (χ0n) is 20.9. The average Bonchev–Trinajstić information content (AvgIpc) is 2.83. The summed E-state index contributed by atoms with van der Waals surface area (Å²) < 4.78 is 1.97. The highest BCUT2D eigenvalue weighted by Crippen LogP contribution is 2.17. The third-order valence-corrected chi connectivity index (χ3v) is 6.23. The number of carboxylic acids is 4. The fourth-order valence-electron chi connectivity index (χ4n) is 3.93. The summed E-state index contributed by atoms with van der Waals surface area (Å²) in [5.74, 6) is -4.40. The van der Waals surface area contributed by atoms with Gasteiger partial charge in [-0.1, -0.05) is 0 Å². The van der Waals surface area contributed by atoms with E-state index in [-0.39, 0.29) is 19.3 Å².